The number of rotatable bonds is 8. The van der Waals surface area contributed by atoms with E-state index in [1.165, 1.54) is 36.4 Å². The minimum absolute atomic E-state index is 0.0355. The Bertz CT molecular complexity index is 1330. The number of anilines is 2. The van der Waals surface area contributed by atoms with Crippen LogP contribution < -0.4 is 10.1 Å². The predicted molar refractivity (Wildman–Crippen MR) is 127 cm³/mol. The van der Waals surface area contributed by atoms with Gasteiger partial charge in [-0.3, -0.25) is 20.3 Å². The number of carboxylic acids is 1. The highest BCUT2D eigenvalue weighted by molar-refractivity contribution is 7.92. The highest BCUT2D eigenvalue weighted by Gasteiger charge is 2.50. The van der Waals surface area contributed by atoms with E-state index >= 15 is 0 Å². The summed E-state index contributed by atoms with van der Waals surface area (Å²) in [6.45, 7) is 4.46. The Labute approximate surface area is 196 Å². The second-order valence-corrected chi connectivity index (χ2v) is 10.7. The molecule has 0 unspecified atom stereocenters. The zero-order valence-electron chi connectivity index (χ0n) is 18.6. The number of hydrogen-bond donors (Lipinski definition) is 3. The normalized spacial score (nSPS) is 20.8. The second-order valence-electron chi connectivity index (χ2n) is 9.01. The zero-order chi connectivity index (χ0) is 24.7. The van der Waals surface area contributed by atoms with Crippen LogP contribution in [0.1, 0.15) is 37.0 Å². The van der Waals surface area contributed by atoms with Crippen molar-refractivity contribution in [1.29, 1.82) is 0 Å². The molecule has 1 fully saturated rings. The summed E-state index contributed by atoms with van der Waals surface area (Å²) >= 11 is 0. The van der Waals surface area contributed by atoms with Crippen molar-refractivity contribution in [2.45, 2.75) is 31.6 Å². The summed E-state index contributed by atoms with van der Waals surface area (Å²) in [5, 5.41) is 25.0. The largest absolute Gasteiger partial charge is 0.478 e. The minimum atomic E-state index is -4.29. The zero-order valence-corrected chi connectivity index (χ0v) is 19.4. The number of allylic oxidation sites excluding steroid dienone is 2. The molecule has 0 aromatic heterocycles. The second kappa shape index (κ2) is 8.56. The van der Waals surface area contributed by atoms with Gasteiger partial charge in [0.25, 0.3) is 15.7 Å². The maximum Gasteiger partial charge on any atom is 0.337 e. The van der Waals surface area contributed by atoms with Gasteiger partial charge in [0, 0.05) is 6.07 Å². The number of aromatic carboxylic acids is 1. The minimum Gasteiger partial charge on any atom is -0.478 e. The van der Waals surface area contributed by atoms with Crippen molar-refractivity contribution in [2.75, 3.05) is 10.1 Å². The fourth-order valence-corrected chi connectivity index (χ4v) is 5.71. The average molecular weight is 485 g/mol. The Balaban J connectivity index is 1.55. The smallest absolute Gasteiger partial charge is 0.337 e. The molecule has 3 aliphatic carbocycles. The summed E-state index contributed by atoms with van der Waals surface area (Å²) in [6, 6.07) is 8.84. The lowest BCUT2D eigenvalue weighted by Gasteiger charge is -2.55. The Morgan fingerprint density at radius 2 is 1.97 bits per heavy atom. The molecule has 0 aliphatic heterocycles. The number of sulfonamides is 1. The molecule has 3 N–H and O–H groups in total. The third-order valence-electron chi connectivity index (χ3n) is 6.79. The number of nitro groups is 1. The fourth-order valence-electron chi connectivity index (χ4n) is 4.61. The lowest BCUT2D eigenvalue weighted by molar-refractivity contribution is -0.384. The molecule has 2 bridgehead atoms. The van der Waals surface area contributed by atoms with E-state index in [1.807, 2.05) is 0 Å². The maximum absolute atomic E-state index is 12.8. The van der Waals surface area contributed by atoms with E-state index in [-0.39, 0.29) is 27.2 Å². The van der Waals surface area contributed by atoms with Crippen LogP contribution in [0.15, 0.2) is 64.1 Å². The summed E-state index contributed by atoms with van der Waals surface area (Å²) in [4.78, 5) is 21.9. The van der Waals surface area contributed by atoms with E-state index in [2.05, 4.69) is 35.2 Å². The van der Waals surface area contributed by atoms with Crippen molar-refractivity contribution in [3.8, 4) is 0 Å². The number of hydrogen-bond acceptors (Lipinski definition) is 7. The molecular weight excluding hydrogens is 460 g/mol. The number of carboxylic acid groups (broad SMARTS) is 1. The molecule has 3 aliphatic rings. The van der Waals surface area contributed by atoms with Crippen LogP contribution in [0.2, 0.25) is 0 Å². The first-order valence-corrected chi connectivity index (χ1v) is 12.1. The lowest BCUT2D eigenvalue weighted by Crippen LogP contribution is -2.48. The molecule has 10 nitrogen and oxygen atoms in total. The van der Waals surface area contributed by atoms with Crippen LogP contribution in [0.5, 0.6) is 0 Å². The van der Waals surface area contributed by atoms with Crippen LogP contribution in [0, 0.1) is 27.4 Å². The molecule has 0 heterocycles. The average Bonchev–Trinajstić information content (AvgIpc) is 2.79. The van der Waals surface area contributed by atoms with E-state index in [0.717, 1.165) is 24.5 Å². The maximum atomic E-state index is 12.8. The van der Waals surface area contributed by atoms with Crippen LogP contribution in [0.25, 0.3) is 0 Å². The van der Waals surface area contributed by atoms with Gasteiger partial charge in [0.2, 0.25) is 0 Å². The standard InChI is InChI=1S/C23H24N4O6S/c1-23(2)15-8-7-14(18(23)11-15)13-24-25-20-10-9-16(12-21(20)27(30)31)34(32,33)26-19-6-4-3-5-17(19)22(28)29/h3-7,9-10,12-13,15,18,25-26H,8,11H2,1-2H3,(H,28,29)/b24-13+/t15-,18+/m0/s1. The van der Waals surface area contributed by atoms with E-state index < -0.39 is 26.6 Å². The van der Waals surface area contributed by atoms with Crippen molar-refractivity contribution < 1.29 is 23.2 Å². The molecule has 178 valence electrons. The van der Waals surface area contributed by atoms with Gasteiger partial charge in [-0.2, -0.15) is 5.10 Å². The molecule has 0 spiro atoms. The number of nitrogens with zero attached hydrogens (tertiary/aromatic N) is 2. The summed E-state index contributed by atoms with van der Waals surface area (Å²) in [5.41, 5.74) is 3.12. The first-order chi connectivity index (χ1) is 16.0. The quantitative estimate of drug-likeness (QED) is 0.284. The number of hydrazone groups is 1. The van der Waals surface area contributed by atoms with Crippen LogP contribution in [0.3, 0.4) is 0 Å². The molecule has 2 atom stereocenters. The third-order valence-corrected chi connectivity index (χ3v) is 8.15. The summed E-state index contributed by atoms with van der Waals surface area (Å²) < 4.78 is 27.8. The Morgan fingerprint density at radius 3 is 2.62 bits per heavy atom. The van der Waals surface area contributed by atoms with Crippen molar-refractivity contribution in [2.24, 2.45) is 22.4 Å². The van der Waals surface area contributed by atoms with Crippen molar-refractivity contribution in [1.82, 2.24) is 0 Å². The molecule has 34 heavy (non-hydrogen) atoms. The van der Waals surface area contributed by atoms with Gasteiger partial charge in [0.15, 0.2) is 0 Å². The van der Waals surface area contributed by atoms with E-state index in [0.29, 0.717) is 11.8 Å². The molecule has 0 amide bonds. The van der Waals surface area contributed by atoms with Crippen molar-refractivity contribution in [3.63, 3.8) is 0 Å². The van der Waals surface area contributed by atoms with Gasteiger partial charge in [-0.15, -0.1) is 0 Å². The van der Waals surface area contributed by atoms with Crippen LogP contribution in [0.4, 0.5) is 17.1 Å². The number of nitrogens with one attached hydrogen (secondary N) is 2. The lowest BCUT2D eigenvalue weighted by atomic mass is 9.49. The van der Waals surface area contributed by atoms with Gasteiger partial charge in [-0.05, 0) is 59.9 Å². The highest BCUT2D eigenvalue weighted by atomic mass is 32.2. The number of fused-ring (bicyclic) bond motifs is 1. The van der Waals surface area contributed by atoms with Gasteiger partial charge in [-0.1, -0.05) is 32.1 Å². The number of para-hydroxylation sites is 1. The molecular formula is C23H24N4O6S. The molecule has 1 saturated carbocycles. The van der Waals surface area contributed by atoms with Gasteiger partial charge in [-0.25, -0.2) is 13.2 Å². The van der Waals surface area contributed by atoms with Gasteiger partial charge in [0.1, 0.15) is 5.69 Å². The van der Waals surface area contributed by atoms with E-state index in [1.54, 1.807) is 6.21 Å². The SMILES string of the molecule is CC1(C)[C@H]2CC=C(/C=N/Nc3ccc(S(=O)(=O)Nc4ccccc4C(=O)O)cc3[N+](=O)[O-])[C@H]1C2. The fraction of sp³-hybridized carbons (Fsp3) is 0.304. The summed E-state index contributed by atoms with van der Waals surface area (Å²) in [6.07, 6.45) is 5.89. The highest BCUT2D eigenvalue weighted by Crippen LogP contribution is 2.58. The Hall–Kier alpha value is -3.73. The Morgan fingerprint density at radius 1 is 1.24 bits per heavy atom. The van der Waals surface area contributed by atoms with E-state index in [9.17, 15) is 28.4 Å². The van der Waals surface area contributed by atoms with Gasteiger partial charge >= 0.3 is 5.97 Å². The molecule has 0 radical (unpaired) electrons. The molecule has 5 rings (SSSR count). The summed E-state index contributed by atoms with van der Waals surface area (Å²) in [7, 11) is -4.29. The third kappa shape index (κ3) is 4.26. The predicted octanol–water partition coefficient (Wildman–Crippen LogP) is 4.48. The van der Waals surface area contributed by atoms with Gasteiger partial charge < -0.3 is 5.11 Å². The van der Waals surface area contributed by atoms with E-state index in [4.69, 9.17) is 0 Å². The Kier molecular flexibility index (Phi) is 5.90. The van der Waals surface area contributed by atoms with Crippen LogP contribution in [-0.4, -0.2) is 30.6 Å². The molecule has 0 saturated heterocycles. The van der Waals surface area contributed by atoms with Crippen LogP contribution in [-0.2, 0) is 10.0 Å². The van der Waals surface area contributed by atoms with Gasteiger partial charge in [0.05, 0.1) is 27.3 Å². The topological polar surface area (TPSA) is 151 Å². The molecule has 2 aromatic rings. The first-order valence-electron chi connectivity index (χ1n) is 10.6. The molecule has 2 aromatic carbocycles. The monoisotopic (exact) mass is 484 g/mol. The molecule has 11 heteroatoms. The number of benzene rings is 2. The van der Waals surface area contributed by atoms with Crippen molar-refractivity contribution >= 4 is 39.3 Å². The summed E-state index contributed by atoms with van der Waals surface area (Å²) in [5.74, 6) is -0.232. The number of carbonyl (C=O) groups is 1. The van der Waals surface area contributed by atoms with Crippen molar-refractivity contribution in [3.05, 3.63) is 69.8 Å². The first kappa shape index (κ1) is 23.4. The van der Waals surface area contributed by atoms with Crippen LogP contribution >= 0.6 is 0 Å². The number of nitro benzene ring substituents is 1.